The molecular weight excluding hydrogens is 436 g/mol. The van der Waals surface area contributed by atoms with Gasteiger partial charge in [-0.15, -0.1) is 0 Å². The zero-order valence-electron chi connectivity index (χ0n) is 16.8. The van der Waals surface area contributed by atoms with Crippen molar-refractivity contribution in [1.29, 1.82) is 0 Å². The maximum atomic E-state index is 13.3. The highest BCUT2D eigenvalue weighted by Gasteiger charge is 2.37. The summed E-state index contributed by atoms with van der Waals surface area (Å²) in [5.74, 6) is -0.111. The summed E-state index contributed by atoms with van der Waals surface area (Å²) in [7, 11) is -3.92. The molecule has 8 heteroatoms. The van der Waals surface area contributed by atoms with Gasteiger partial charge in [0.05, 0.1) is 17.1 Å². The fraction of sp³-hybridized carbons (Fsp3) is 0.174. The van der Waals surface area contributed by atoms with Gasteiger partial charge in [0.15, 0.2) is 6.10 Å². The highest BCUT2D eigenvalue weighted by atomic mass is 35.5. The first-order chi connectivity index (χ1) is 14.8. The minimum Gasteiger partial charge on any atom is -0.476 e. The topological polar surface area (TPSA) is 75.7 Å². The second-order valence-corrected chi connectivity index (χ2v) is 9.57. The van der Waals surface area contributed by atoms with Crippen LogP contribution in [0.3, 0.4) is 0 Å². The van der Waals surface area contributed by atoms with Crippen molar-refractivity contribution < 1.29 is 17.9 Å². The summed E-state index contributed by atoms with van der Waals surface area (Å²) >= 11 is 6.11. The molecule has 0 spiro atoms. The predicted molar refractivity (Wildman–Crippen MR) is 120 cm³/mol. The Morgan fingerprint density at radius 1 is 1.10 bits per heavy atom. The quantitative estimate of drug-likeness (QED) is 0.631. The fourth-order valence-electron chi connectivity index (χ4n) is 3.32. The van der Waals surface area contributed by atoms with Gasteiger partial charge in [-0.25, -0.2) is 8.42 Å². The lowest BCUT2D eigenvalue weighted by Crippen LogP contribution is -2.50. The number of rotatable bonds is 5. The minimum atomic E-state index is -3.92. The molecule has 1 aliphatic heterocycles. The lowest BCUT2D eigenvalue weighted by atomic mass is 10.1. The van der Waals surface area contributed by atoms with Crippen LogP contribution in [0.25, 0.3) is 0 Å². The smallest absolute Gasteiger partial charge is 0.264 e. The summed E-state index contributed by atoms with van der Waals surface area (Å²) in [5, 5.41) is 3.20. The second kappa shape index (κ2) is 8.61. The Morgan fingerprint density at radius 2 is 1.81 bits per heavy atom. The fourth-order valence-corrected chi connectivity index (χ4v) is 4.97. The number of benzene rings is 3. The average molecular weight is 457 g/mol. The third-order valence-corrected chi connectivity index (χ3v) is 7.03. The number of carbonyl (C=O) groups is 1. The Kier molecular flexibility index (Phi) is 5.89. The van der Waals surface area contributed by atoms with Gasteiger partial charge < -0.3 is 10.1 Å². The largest absolute Gasteiger partial charge is 0.476 e. The van der Waals surface area contributed by atoms with Crippen molar-refractivity contribution in [2.45, 2.75) is 24.5 Å². The molecule has 0 aliphatic carbocycles. The number of fused-ring (bicyclic) bond motifs is 1. The molecule has 0 saturated heterocycles. The first-order valence-electron chi connectivity index (χ1n) is 9.72. The van der Waals surface area contributed by atoms with E-state index in [9.17, 15) is 13.2 Å². The molecule has 31 heavy (non-hydrogen) atoms. The first kappa shape index (κ1) is 21.2. The molecular formula is C23H21ClN2O4S. The summed E-state index contributed by atoms with van der Waals surface area (Å²) in [6, 6.07) is 20.6. The number of ether oxygens (including phenoxy) is 1. The van der Waals surface area contributed by atoms with Crippen LogP contribution in [0.5, 0.6) is 5.75 Å². The number of hydrogen-bond acceptors (Lipinski definition) is 4. The normalized spacial score (nSPS) is 15.7. The van der Waals surface area contributed by atoms with E-state index in [1.165, 1.54) is 22.5 Å². The summed E-state index contributed by atoms with van der Waals surface area (Å²) in [5.41, 5.74) is 2.37. The molecule has 1 heterocycles. The number of sulfonamides is 1. The second-order valence-electron chi connectivity index (χ2n) is 7.27. The molecule has 3 aromatic carbocycles. The van der Waals surface area contributed by atoms with Crippen molar-refractivity contribution in [2.24, 2.45) is 0 Å². The van der Waals surface area contributed by atoms with E-state index in [1.807, 2.05) is 31.2 Å². The van der Waals surface area contributed by atoms with Gasteiger partial charge in [-0.2, -0.15) is 0 Å². The van der Waals surface area contributed by atoms with Gasteiger partial charge in [-0.3, -0.25) is 9.10 Å². The van der Waals surface area contributed by atoms with Crippen LogP contribution in [0, 0.1) is 6.92 Å². The van der Waals surface area contributed by atoms with Crippen molar-refractivity contribution in [1.82, 2.24) is 5.32 Å². The third-order valence-electron chi connectivity index (χ3n) is 5.00. The lowest BCUT2D eigenvalue weighted by molar-refractivity contribution is -0.127. The Morgan fingerprint density at radius 3 is 2.52 bits per heavy atom. The highest BCUT2D eigenvalue weighted by molar-refractivity contribution is 7.92. The van der Waals surface area contributed by atoms with Gasteiger partial charge in [0, 0.05) is 11.6 Å². The molecule has 4 rings (SSSR count). The number of hydrogen-bond donors (Lipinski definition) is 1. The molecule has 6 nitrogen and oxygen atoms in total. The van der Waals surface area contributed by atoms with E-state index in [0.717, 1.165) is 11.1 Å². The average Bonchev–Trinajstić information content (AvgIpc) is 2.78. The Hall–Kier alpha value is -3.03. The molecule has 1 amide bonds. The van der Waals surface area contributed by atoms with Crippen LogP contribution in [0.15, 0.2) is 77.7 Å². The molecule has 0 bridgehead atoms. The number of halogens is 1. The molecule has 0 unspecified atom stereocenters. The van der Waals surface area contributed by atoms with Crippen LogP contribution in [0.4, 0.5) is 5.69 Å². The van der Waals surface area contributed by atoms with Crippen molar-refractivity contribution in [3.05, 3.63) is 88.9 Å². The van der Waals surface area contributed by atoms with E-state index in [-0.39, 0.29) is 17.2 Å². The number of amides is 1. The van der Waals surface area contributed by atoms with E-state index in [1.54, 1.807) is 30.3 Å². The van der Waals surface area contributed by atoms with Gasteiger partial charge in [0.2, 0.25) is 0 Å². The molecule has 3 aromatic rings. The van der Waals surface area contributed by atoms with E-state index >= 15 is 0 Å². The molecule has 160 valence electrons. The van der Waals surface area contributed by atoms with Crippen molar-refractivity contribution in [2.75, 3.05) is 10.8 Å². The molecule has 0 saturated carbocycles. The summed E-state index contributed by atoms with van der Waals surface area (Å²) in [4.78, 5) is 13.0. The molecule has 1 aliphatic rings. The van der Waals surface area contributed by atoms with E-state index in [4.69, 9.17) is 16.3 Å². The van der Waals surface area contributed by atoms with E-state index in [0.29, 0.717) is 17.3 Å². The number of aryl methyl sites for hydroxylation is 1. The summed E-state index contributed by atoms with van der Waals surface area (Å²) in [6.45, 7) is 2.14. The molecule has 0 radical (unpaired) electrons. The molecule has 0 fully saturated rings. The third kappa shape index (κ3) is 4.52. The lowest BCUT2D eigenvalue weighted by Gasteiger charge is -2.34. The Balaban J connectivity index is 1.61. The maximum absolute atomic E-state index is 13.3. The van der Waals surface area contributed by atoms with Crippen LogP contribution in [0.1, 0.15) is 11.1 Å². The van der Waals surface area contributed by atoms with Crippen LogP contribution >= 0.6 is 11.6 Å². The Bertz CT molecular complexity index is 1200. The van der Waals surface area contributed by atoms with E-state index in [2.05, 4.69) is 5.32 Å². The van der Waals surface area contributed by atoms with Gasteiger partial charge in [-0.05, 0) is 42.8 Å². The standard InChI is InChI=1S/C23H21ClN2O4S/c1-16-7-9-17(10-8-16)14-25-23(27)22-15-26(20-13-18(24)11-12-21(20)30-22)31(28,29)19-5-3-2-4-6-19/h2-13,22H,14-15H2,1H3,(H,25,27)/t22-/m0/s1. The van der Waals surface area contributed by atoms with Gasteiger partial charge in [0.25, 0.3) is 15.9 Å². The van der Waals surface area contributed by atoms with Gasteiger partial charge in [0.1, 0.15) is 5.75 Å². The zero-order chi connectivity index (χ0) is 22.0. The number of carbonyl (C=O) groups excluding carboxylic acids is 1. The minimum absolute atomic E-state index is 0.127. The van der Waals surface area contributed by atoms with Gasteiger partial charge in [-0.1, -0.05) is 59.6 Å². The monoisotopic (exact) mass is 456 g/mol. The van der Waals surface area contributed by atoms with Crippen LogP contribution in [-0.4, -0.2) is 27.0 Å². The first-order valence-corrected chi connectivity index (χ1v) is 11.5. The Labute approximate surface area is 186 Å². The maximum Gasteiger partial charge on any atom is 0.264 e. The van der Waals surface area contributed by atoms with Crippen LogP contribution in [0.2, 0.25) is 5.02 Å². The summed E-state index contributed by atoms with van der Waals surface area (Å²) in [6.07, 6.45) is -1.00. The zero-order valence-corrected chi connectivity index (χ0v) is 18.4. The number of anilines is 1. The van der Waals surface area contributed by atoms with Gasteiger partial charge >= 0.3 is 0 Å². The number of nitrogens with one attached hydrogen (secondary N) is 1. The number of nitrogens with zero attached hydrogens (tertiary/aromatic N) is 1. The van der Waals surface area contributed by atoms with Crippen LogP contribution in [-0.2, 0) is 21.4 Å². The van der Waals surface area contributed by atoms with Crippen molar-refractivity contribution >= 4 is 33.2 Å². The SMILES string of the molecule is Cc1ccc(CNC(=O)[C@@H]2CN(S(=O)(=O)c3ccccc3)c3cc(Cl)ccc3O2)cc1. The van der Waals surface area contributed by atoms with Crippen LogP contribution < -0.4 is 14.4 Å². The molecule has 0 aromatic heterocycles. The molecule has 1 N–H and O–H groups in total. The van der Waals surface area contributed by atoms with E-state index < -0.39 is 22.0 Å². The summed E-state index contributed by atoms with van der Waals surface area (Å²) < 4.78 is 33.7. The van der Waals surface area contributed by atoms with Crippen molar-refractivity contribution in [3.8, 4) is 5.75 Å². The van der Waals surface area contributed by atoms with Crippen molar-refractivity contribution in [3.63, 3.8) is 0 Å². The highest BCUT2D eigenvalue weighted by Crippen LogP contribution is 2.38. The molecule has 1 atom stereocenters. The predicted octanol–water partition coefficient (Wildman–Crippen LogP) is 3.92.